The van der Waals surface area contributed by atoms with Crippen LogP contribution in [0.2, 0.25) is 0 Å². The van der Waals surface area contributed by atoms with Crippen molar-refractivity contribution in [1.29, 1.82) is 0 Å². The quantitative estimate of drug-likeness (QED) is 0.902. The zero-order chi connectivity index (χ0) is 17.5. The first-order chi connectivity index (χ1) is 12.8. The molecular formula is C20H26N4OS. The maximum absolute atomic E-state index is 12.8. The minimum atomic E-state index is -0.0183. The number of amides is 1. The van der Waals surface area contributed by atoms with Gasteiger partial charge in [0.1, 0.15) is 5.69 Å². The number of fused-ring (bicyclic) bond motifs is 3. The number of carbonyl (C=O) groups excluding carboxylic acids is 1. The number of rotatable bonds is 3. The summed E-state index contributed by atoms with van der Waals surface area (Å²) in [5.74, 6) is 0.738. The maximum atomic E-state index is 12.8. The number of nitrogens with zero attached hydrogens (tertiary/aromatic N) is 3. The van der Waals surface area contributed by atoms with Crippen LogP contribution in [0.3, 0.4) is 0 Å². The van der Waals surface area contributed by atoms with Gasteiger partial charge < -0.3 is 15.1 Å². The molecule has 3 saturated heterocycles. The Hall–Kier alpha value is -1.66. The summed E-state index contributed by atoms with van der Waals surface area (Å²) in [5, 5.41) is 6.65. The number of aromatic nitrogens is 1. The third-order valence-corrected chi connectivity index (χ3v) is 7.09. The third-order valence-electron chi connectivity index (χ3n) is 6.17. The first-order valence-electron chi connectivity index (χ1n) is 9.92. The van der Waals surface area contributed by atoms with Crippen LogP contribution in [-0.2, 0) is 0 Å². The average Bonchev–Trinajstić information content (AvgIpc) is 3.24. The maximum Gasteiger partial charge on any atom is 0.270 e. The highest BCUT2D eigenvalue weighted by molar-refractivity contribution is 7.17. The largest absolute Gasteiger partial charge is 0.370 e. The van der Waals surface area contributed by atoms with E-state index < -0.39 is 0 Å². The van der Waals surface area contributed by atoms with Crippen molar-refractivity contribution >= 4 is 33.0 Å². The lowest BCUT2D eigenvalue weighted by molar-refractivity contribution is 0.0904. The lowest BCUT2D eigenvalue weighted by Gasteiger charge is -2.30. The molecule has 138 valence electrons. The van der Waals surface area contributed by atoms with E-state index in [0.29, 0.717) is 5.69 Å². The summed E-state index contributed by atoms with van der Waals surface area (Å²) in [6, 6.07) is 2.27. The molecule has 3 atom stereocenters. The molecule has 1 N–H and O–H groups in total. The van der Waals surface area contributed by atoms with Crippen LogP contribution in [0.25, 0.3) is 10.1 Å². The Balaban J connectivity index is 1.35. The number of hydrogen-bond acceptors (Lipinski definition) is 5. The minimum absolute atomic E-state index is 0.0183. The molecule has 3 aliphatic rings. The molecule has 0 saturated carbocycles. The van der Waals surface area contributed by atoms with E-state index in [1.54, 1.807) is 11.3 Å². The van der Waals surface area contributed by atoms with Crippen LogP contribution in [0.4, 0.5) is 5.69 Å². The van der Waals surface area contributed by atoms with E-state index in [-0.39, 0.29) is 11.9 Å². The highest BCUT2D eigenvalue weighted by Crippen LogP contribution is 2.34. The molecule has 1 amide bonds. The first-order valence-corrected chi connectivity index (χ1v) is 10.8. The molecule has 2 aromatic rings. The molecule has 0 radical (unpaired) electrons. The summed E-state index contributed by atoms with van der Waals surface area (Å²) in [5.41, 5.74) is 1.84. The Morgan fingerprint density at radius 3 is 2.92 bits per heavy atom. The molecule has 5 rings (SSSR count). The average molecular weight is 371 g/mol. The molecule has 2 aromatic heterocycles. The van der Waals surface area contributed by atoms with Gasteiger partial charge >= 0.3 is 0 Å². The van der Waals surface area contributed by atoms with Crippen molar-refractivity contribution in [1.82, 2.24) is 15.2 Å². The number of nitrogens with one attached hydrogen (secondary N) is 1. The minimum Gasteiger partial charge on any atom is -0.370 e. The fourth-order valence-electron chi connectivity index (χ4n) is 4.85. The smallest absolute Gasteiger partial charge is 0.270 e. The number of hydrogen-bond donors (Lipinski definition) is 1. The zero-order valence-corrected chi connectivity index (χ0v) is 15.9. The lowest BCUT2D eigenvalue weighted by Crippen LogP contribution is -2.47. The van der Waals surface area contributed by atoms with E-state index in [4.69, 9.17) is 0 Å². The number of pyridine rings is 1. The van der Waals surface area contributed by atoms with Crippen LogP contribution in [-0.4, -0.2) is 54.6 Å². The van der Waals surface area contributed by atoms with Crippen molar-refractivity contribution in [3.63, 3.8) is 0 Å². The SMILES string of the molecule is O=C(NC1CC2CCN(C2)C1)c1cc2c(N3CCCCC3)csc2cn1. The molecule has 5 heterocycles. The van der Waals surface area contributed by atoms with E-state index in [2.05, 4.69) is 25.5 Å². The predicted molar refractivity (Wildman–Crippen MR) is 106 cm³/mol. The molecule has 0 aromatic carbocycles. The van der Waals surface area contributed by atoms with Gasteiger partial charge in [0, 0.05) is 49.2 Å². The Bertz CT molecular complexity index is 801. The molecule has 2 bridgehead atoms. The van der Waals surface area contributed by atoms with Crippen LogP contribution < -0.4 is 10.2 Å². The summed E-state index contributed by atoms with van der Waals surface area (Å²) in [4.78, 5) is 22.2. The van der Waals surface area contributed by atoms with E-state index in [0.717, 1.165) is 32.0 Å². The van der Waals surface area contributed by atoms with Crippen molar-refractivity contribution in [3.8, 4) is 0 Å². The van der Waals surface area contributed by atoms with Gasteiger partial charge in [0.15, 0.2) is 0 Å². The summed E-state index contributed by atoms with van der Waals surface area (Å²) in [6.07, 6.45) is 8.11. The molecule has 26 heavy (non-hydrogen) atoms. The molecule has 3 unspecified atom stereocenters. The summed E-state index contributed by atoms with van der Waals surface area (Å²) in [7, 11) is 0. The summed E-state index contributed by atoms with van der Waals surface area (Å²) < 4.78 is 1.17. The second-order valence-electron chi connectivity index (χ2n) is 8.05. The highest BCUT2D eigenvalue weighted by Gasteiger charge is 2.33. The van der Waals surface area contributed by atoms with Crippen LogP contribution in [0.5, 0.6) is 0 Å². The lowest BCUT2D eigenvalue weighted by atomic mass is 9.97. The van der Waals surface area contributed by atoms with E-state index >= 15 is 0 Å². The van der Waals surface area contributed by atoms with Crippen molar-refractivity contribution in [2.75, 3.05) is 37.6 Å². The normalized spacial score (nSPS) is 28.5. The fourth-order valence-corrected chi connectivity index (χ4v) is 5.77. The Morgan fingerprint density at radius 1 is 1.19 bits per heavy atom. The summed E-state index contributed by atoms with van der Waals surface area (Å²) >= 11 is 1.73. The van der Waals surface area contributed by atoms with Gasteiger partial charge in [-0.1, -0.05) is 0 Å². The van der Waals surface area contributed by atoms with E-state index in [1.165, 1.54) is 54.5 Å². The third kappa shape index (κ3) is 3.09. The summed E-state index contributed by atoms with van der Waals surface area (Å²) in [6.45, 7) is 5.63. The zero-order valence-electron chi connectivity index (χ0n) is 15.1. The monoisotopic (exact) mass is 370 g/mol. The van der Waals surface area contributed by atoms with Crippen molar-refractivity contribution < 1.29 is 4.79 Å². The van der Waals surface area contributed by atoms with Gasteiger partial charge in [-0.2, -0.15) is 0 Å². The molecule has 6 heteroatoms. The Morgan fingerprint density at radius 2 is 2.08 bits per heavy atom. The molecule has 5 nitrogen and oxygen atoms in total. The Kier molecular flexibility index (Phi) is 4.33. The van der Waals surface area contributed by atoms with Crippen molar-refractivity contribution in [2.45, 2.75) is 38.1 Å². The molecule has 3 fully saturated rings. The number of anilines is 1. The van der Waals surface area contributed by atoms with Crippen LogP contribution in [0, 0.1) is 5.92 Å². The van der Waals surface area contributed by atoms with Crippen molar-refractivity contribution in [2.24, 2.45) is 5.92 Å². The van der Waals surface area contributed by atoms with Gasteiger partial charge in [-0.05, 0) is 50.6 Å². The standard InChI is InChI=1S/C20H26N4OS/c25-20(22-15-8-14-4-7-23(11-14)12-15)17-9-16-18(13-26-19(16)10-21-17)24-5-2-1-3-6-24/h9-10,13-15H,1-8,11-12H2,(H,22,25). The van der Waals surface area contributed by atoms with Gasteiger partial charge in [0.25, 0.3) is 5.91 Å². The first kappa shape index (κ1) is 16.5. The van der Waals surface area contributed by atoms with E-state index in [1.807, 2.05) is 12.3 Å². The second-order valence-corrected chi connectivity index (χ2v) is 8.97. The molecule has 3 aliphatic heterocycles. The van der Waals surface area contributed by atoms with Gasteiger partial charge in [-0.3, -0.25) is 4.79 Å². The van der Waals surface area contributed by atoms with Crippen LogP contribution in [0.1, 0.15) is 42.6 Å². The van der Waals surface area contributed by atoms with Crippen LogP contribution >= 0.6 is 11.3 Å². The topological polar surface area (TPSA) is 48.5 Å². The molecule has 0 spiro atoms. The fraction of sp³-hybridized carbons (Fsp3) is 0.600. The van der Waals surface area contributed by atoms with Gasteiger partial charge in [0.05, 0.1) is 10.4 Å². The Labute approximate surface area is 158 Å². The van der Waals surface area contributed by atoms with Gasteiger partial charge in [0.2, 0.25) is 0 Å². The molecular weight excluding hydrogens is 344 g/mol. The number of piperidine rings is 2. The highest BCUT2D eigenvalue weighted by atomic mass is 32.1. The number of thiophene rings is 1. The van der Waals surface area contributed by atoms with Crippen LogP contribution in [0.15, 0.2) is 17.6 Å². The molecule has 0 aliphatic carbocycles. The van der Waals surface area contributed by atoms with Gasteiger partial charge in [-0.15, -0.1) is 11.3 Å². The number of carbonyl (C=O) groups is 1. The second kappa shape index (κ2) is 6.82. The predicted octanol–water partition coefficient (Wildman–Crippen LogP) is 3.11. The van der Waals surface area contributed by atoms with E-state index in [9.17, 15) is 4.79 Å². The van der Waals surface area contributed by atoms with Gasteiger partial charge in [-0.25, -0.2) is 4.98 Å². The van der Waals surface area contributed by atoms with Crippen molar-refractivity contribution in [3.05, 3.63) is 23.3 Å².